The molecule has 0 aliphatic carbocycles. The highest BCUT2D eigenvalue weighted by Crippen LogP contribution is 2.20. The standard InChI is InChI=1S/C13H15ClN2O2/c1-13(2,3)18-11(17)8-16-10-7-5-4-6-9(10)15-12(16)14/h4-7H,8H2,1-3H3. The van der Waals surface area contributed by atoms with E-state index in [1.165, 1.54) is 0 Å². The zero-order chi connectivity index (χ0) is 13.3. The molecule has 4 nitrogen and oxygen atoms in total. The van der Waals surface area contributed by atoms with Crippen LogP contribution in [0.1, 0.15) is 20.8 Å². The number of fused-ring (bicyclic) bond motifs is 1. The number of ether oxygens (including phenoxy) is 1. The molecule has 1 aromatic heterocycles. The molecular weight excluding hydrogens is 252 g/mol. The smallest absolute Gasteiger partial charge is 0.326 e. The van der Waals surface area contributed by atoms with Gasteiger partial charge in [0.25, 0.3) is 0 Å². The molecule has 0 unspecified atom stereocenters. The maximum Gasteiger partial charge on any atom is 0.326 e. The summed E-state index contributed by atoms with van der Waals surface area (Å²) in [6, 6.07) is 7.49. The lowest BCUT2D eigenvalue weighted by molar-refractivity contribution is -0.155. The van der Waals surface area contributed by atoms with E-state index in [9.17, 15) is 4.79 Å². The normalized spacial score (nSPS) is 11.8. The third-order valence-electron chi connectivity index (χ3n) is 2.32. The van der Waals surface area contributed by atoms with E-state index in [2.05, 4.69) is 4.98 Å². The Morgan fingerprint density at radius 1 is 1.39 bits per heavy atom. The van der Waals surface area contributed by atoms with Crippen molar-refractivity contribution in [1.29, 1.82) is 0 Å². The first-order valence-corrected chi connectivity index (χ1v) is 6.07. The monoisotopic (exact) mass is 266 g/mol. The van der Waals surface area contributed by atoms with E-state index in [1.54, 1.807) is 4.57 Å². The van der Waals surface area contributed by atoms with Crippen molar-refractivity contribution in [2.75, 3.05) is 0 Å². The number of hydrogen-bond donors (Lipinski definition) is 0. The van der Waals surface area contributed by atoms with Crippen LogP contribution in [0.25, 0.3) is 11.0 Å². The maximum absolute atomic E-state index is 11.8. The van der Waals surface area contributed by atoms with Crippen molar-refractivity contribution in [3.63, 3.8) is 0 Å². The molecule has 0 amide bonds. The number of nitrogens with zero attached hydrogens (tertiary/aromatic N) is 2. The zero-order valence-corrected chi connectivity index (χ0v) is 11.4. The van der Waals surface area contributed by atoms with Crippen molar-refractivity contribution in [2.45, 2.75) is 32.9 Å². The van der Waals surface area contributed by atoms with Gasteiger partial charge in [-0.25, -0.2) is 4.98 Å². The molecule has 0 bridgehead atoms. The first-order valence-electron chi connectivity index (χ1n) is 5.69. The van der Waals surface area contributed by atoms with Gasteiger partial charge in [-0.3, -0.25) is 4.79 Å². The Morgan fingerprint density at radius 3 is 2.72 bits per heavy atom. The highest BCUT2D eigenvalue weighted by Gasteiger charge is 2.18. The van der Waals surface area contributed by atoms with Gasteiger partial charge in [0.2, 0.25) is 5.28 Å². The van der Waals surface area contributed by atoms with Crippen LogP contribution in [-0.2, 0) is 16.1 Å². The molecule has 5 heteroatoms. The second kappa shape index (κ2) is 4.61. The van der Waals surface area contributed by atoms with Crippen molar-refractivity contribution in [3.8, 4) is 0 Å². The third-order valence-corrected chi connectivity index (χ3v) is 2.60. The summed E-state index contributed by atoms with van der Waals surface area (Å²) < 4.78 is 6.91. The summed E-state index contributed by atoms with van der Waals surface area (Å²) in [7, 11) is 0. The quantitative estimate of drug-likeness (QED) is 0.785. The van der Waals surface area contributed by atoms with Crippen LogP contribution in [0.2, 0.25) is 5.28 Å². The molecular formula is C13H15ClN2O2. The molecule has 0 N–H and O–H groups in total. The van der Waals surface area contributed by atoms with Gasteiger partial charge in [0.15, 0.2) is 0 Å². The van der Waals surface area contributed by atoms with Crippen molar-refractivity contribution >= 4 is 28.6 Å². The van der Waals surface area contributed by atoms with E-state index in [0.29, 0.717) is 5.28 Å². The van der Waals surface area contributed by atoms with Gasteiger partial charge in [-0.1, -0.05) is 12.1 Å². The Hall–Kier alpha value is -1.55. The molecule has 0 spiro atoms. The lowest BCUT2D eigenvalue weighted by Gasteiger charge is -2.19. The minimum Gasteiger partial charge on any atom is -0.459 e. The molecule has 0 saturated heterocycles. The van der Waals surface area contributed by atoms with Crippen LogP contribution < -0.4 is 0 Å². The van der Waals surface area contributed by atoms with Gasteiger partial charge in [0.05, 0.1) is 11.0 Å². The van der Waals surface area contributed by atoms with Crippen LogP contribution in [-0.4, -0.2) is 21.1 Å². The van der Waals surface area contributed by atoms with Crippen LogP contribution >= 0.6 is 11.6 Å². The average molecular weight is 267 g/mol. The summed E-state index contributed by atoms with van der Waals surface area (Å²) in [6.07, 6.45) is 0. The molecule has 0 fully saturated rings. The van der Waals surface area contributed by atoms with Crippen molar-refractivity contribution in [2.24, 2.45) is 0 Å². The molecule has 18 heavy (non-hydrogen) atoms. The van der Waals surface area contributed by atoms with Gasteiger partial charge in [0.1, 0.15) is 12.1 Å². The van der Waals surface area contributed by atoms with Crippen LogP contribution in [0.3, 0.4) is 0 Å². The van der Waals surface area contributed by atoms with Crippen LogP contribution in [0.4, 0.5) is 0 Å². The fraction of sp³-hybridized carbons (Fsp3) is 0.385. The molecule has 0 aliphatic rings. The predicted molar refractivity (Wildman–Crippen MR) is 70.6 cm³/mol. The van der Waals surface area contributed by atoms with E-state index in [0.717, 1.165) is 11.0 Å². The fourth-order valence-corrected chi connectivity index (χ4v) is 1.94. The first-order chi connectivity index (χ1) is 8.37. The Morgan fingerprint density at radius 2 is 2.06 bits per heavy atom. The number of benzene rings is 1. The number of carbonyl (C=O) groups is 1. The molecule has 2 rings (SSSR count). The predicted octanol–water partition coefficient (Wildman–Crippen LogP) is 3.03. The number of hydrogen-bond acceptors (Lipinski definition) is 3. The van der Waals surface area contributed by atoms with E-state index in [4.69, 9.17) is 16.3 Å². The Balaban J connectivity index is 2.27. The molecule has 0 aliphatic heterocycles. The number of aromatic nitrogens is 2. The van der Waals surface area contributed by atoms with Crippen molar-refractivity contribution < 1.29 is 9.53 Å². The largest absolute Gasteiger partial charge is 0.459 e. The first kappa shape index (κ1) is 12.9. The number of halogens is 1. The van der Waals surface area contributed by atoms with E-state index >= 15 is 0 Å². The molecule has 0 atom stereocenters. The Kier molecular flexibility index (Phi) is 3.30. The summed E-state index contributed by atoms with van der Waals surface area (Å²) in [5, 5.41) is 0.294. The van der Waals surface area contributed by atoms with E-state index in [1.807, 2.05) is 45.0 Å². The highest BCUT2D eigenvalue weighted by molar-refractivity contribution is 6.29. The number of carbonyl (C=O) groups excluding carboxylic acids is 1. The lowest BCUT2D eigenvalue weighted by Crippen LogP contribution is -2.26. The van der Waals surface area contributed by atoms with Gasteiger partial charge >= 0.3 is 5.97 Å². The summed E-state index contributed by atoms with van der Waals surface area (Å²) in [4.78, 5) is 16.0. The highest BCUT2D eigenvalue weighted by atomic mass is 35.5. The van der Waals surface area contributed by atoms with Gasteiger partial charge in [-0.05, 0) is 44.5 Å². The van der Waals surface area contributed by atoms with Crippen molar-refractivity contribution in [3.05, 3.63) is 29.5 Å². The molecule has 1 heterocycles. The molecule has 1 aromatic carbocycles. The van der Waals surface area contributed by atoms with E-state index in [-0.39, 0.29) is 12.5 Å². The zero-order valence-electron chi connectivity index (χ0n) is 10.6. The minimum atomic E-state index is -0.500. The topological polar surface area (TPSA) is 44.1 Å². The molecule has 0 saturated carbocycles. The number of esters is 1. The fourth-order valence-electron chi connectivity index (χ4n) is 1.70. The third kappa shape index (κ3) is 2.82. The molecule has 0 radical (unpaired) electrons. The van der Waals surface area contributed by atoms with Gasteiger partial charge < -0.3 is 9.30 Å². The van der Waals surface area contributed by atoms with Crippen molar-refractivity contribution in [1.82, 2.24) is 9.55 Å². The van der Waals surface area contributed by atoms with Gasteiger partial charge in [-0.15, -0.1) is 0 Å². The van der Waals surface area contributed by atoms with Crippen LogP contribution in [0.5, 0.6) is 0 Å². The SMILES string of the molecule is CC(C)(C)OC(=O)Cn1c(Cl)nc2ccccc21. The van der Waals surface area contributed by atoms with Crippen LogP contribution in [0, 0.1) is 0 Å². The Labute approximate surface area is 111 Å². The minimum absolute atomic E-state index is 0.0661. The second-order valence-electron chi connectivity index (χ2n) is 5.04. The summed E-state index contributed by atoms with van der Waals surface area (Å²) in [5.41, 5.74) is 1.10. The lowest BCUT2D eigenvalue weighted by atomic mass is 10.2. The summed E-state index contributed by atoms with van der Waals surface area (Å²) >= 11 is 6.03. The van der Waals surface area contributed by atoms with E-state index < -0.39 is 5.60 Å². The molecule has 96 valence electrons. The second-order valence-corrected chi connectivity index (χ2v) is 5.38. The molecule has 2 aromatic rings. The number of imidazole rings is 1. The van der Waals surface area contributed by atoms with Gasteiger partial charge in [-0.2, -0.15) is 0 Å². The summed E-state index contributed by atoms with van der Waals surface area (Å²) in [6.45, 7) is 5.56. The maximum atomic E-state index is 11.8. The Bertz CT molecular complexity index is 584. The van der Waals surface area contributed by atoms with Gasteiger partial charge in [0, 0.05) is 0 Å². The number of rotatable bonds is 2. The van der Waals surface area contributed by atoms with Crippen LogP contribution in [0.15, 0.2) is 24.3 Å². The average Bonchev–Trinajstić information content (AvgIpc) is 2.53. The number of para-hydroxylation sites is 2. The summed E-state index contributed by atoms with van der Waals surface area (Å²) in [5.74, 6) is -0.326.